The highest BCUT2D eigenvalue weighted by Crippen LogP contribution is 2.08. The lowest BCUT2D eigenvalue weighted by molar-refractivity contribution is -0.141. The molecule has 0 aliphatic carbocycles. The molecular weight excluding hydrogens is 480 g/mol. The van der Waals surface area contributed by atoms with Crippen molar-refractivity contribution in [3.05, 3.63) is 31.3 Å². The number of rotatable bonds is 15. The van der Waals surface area contributed by atoms with Gasteiger partial charge in [0, 0.05) is 65.3 Å². The maximum absolute atomic E-state index is 12.6. The normalized spacial score (nSPS) is 12.7. The molecular formula is C18H30N12O6. The highest BCUT2D eigenvalue weighted by molar-refractivity contribution is 5.81. The summed E-state index contributed by atoms with van der Waals surface area (Å²) in [6, 6.07) is -2.73. The SMILES string of the molecule is COC(=O)C[C@@H](CN=[N+]=[N-])NC(=O)C[C@@H](CN=[N+]=[N-])NC(=O)C[C@@H](CN=[N+]=[N-])NC(=O)OC(C)(C)C. The van der Waals surface area contributed by atoms with Gasteiger partial charge in [0.25, 0.3) is 0 Å². The Labute approximate surface area is 206 Å². The lowest BCUT2D eigenvalue weighted by Gasteiger charge is -2.23. The van der Waals surface area contributed by atoms with Crippen LogP contribution in [0.5, 0.6) is 0 Å². The van der Waals surface area contributed by atoms with Gasteiger partial charge in [-0.2, -0.15) is 0 Å². The monoisotopic (exact) mass is 510 g/mol. The number of nitrogens with zero attached hydrogens (tertiary/aromatic N) is 9. The molecule has 198 valence electrons. The number of azide groups is 3. The molecule has 0 saturated carbocycles. The molecule has 0 aromatic rings. The molecule has 0 rings (SSSR count). The second kappa shape index (κ2) is 17.1. The lowest BCUT2D eigenvalue weighted by Crippen LogP contribution is -2.47. The fraction of sp³-hybridized carbons (Fsp3) is 0.778. The molecule has 3 N–H and O–H groups in total. The van der Waals surface area contributed by atoms with E-state index in [1.54, 1.807) is 20.8 Å². The van der Waals surface area contributed by atoms with Crippen molar-refractivity contribution < 1.29 is 28.7 Å². The summed E-state index contributed by atoms with van der Waals surface area (Å²) in [4.78, 5) is 56.4. The number of nitrogens with one attached hydrogen (secondary N) is 3. The average molecular weight is 511 g/mol. The zero-order chi connectivity index (χ0) is 27.6. The molecule has 36 heavy (non-hydrogen) atoms. The Morgan fingerprint density at radius 3 is 1.50 bits per heavy atom. The van der Waals surface area contributed by atoms with Crippen molar-refractivity contribution in [2.24, 2.45) is 15.3 Å². The average Bonchev–Trinajstić information content (AvgIpc) is 2.77. The van der Waals surface area contributed by atoms with Crippen LogP contribution in [0.4, 0.5) is 4.79 Å². The number of carbonyl (C=O) groups is 4. The number of ether oxygens (including phenoxy) is 2. The van der Waals surface area contributed by atoms with E-state index < -0.39 is 47.6 Å². The number of esters is 1. The molecule has 0 spiro atoms. The van der Waals surface area contributed by atoms with Crippen LogP contribution in [0.25, 0.3) is 31.3 Å². The predicted octanol–water partition coefficient (Wildman–Crippen LogP) is 2.12. The highest BCUT2D eigenvalue weighted by atomic mass is 16.6. The third kappa shape index (κ3) is 16.3. The van der Waals surface area contributed by atoms with Gasteiger partial charge in [-0.05, 0) is 37.4 Å². The molecule has 0 bridgehead atoms. The minimum absolute atomic E-state index is 0.220. The van der Waals surface area contributed by atoms with Gasteiger partial charge in [0.15, 0.2) is 0 Å². The van der Waals surface area contributed by atoms with Gasteiger partial charge in [-0.15, -0.1) is 0 Å². The second-order valence-corrected chi connectivity index (χ2v) is 8.30. The van der Waals surface area contributed by atoms with E-state index in [1.807, 2.05) is 0 Å². The van der Waals surface area contributed by atoms with Gasteiger partial charge in [0.2, 0.25) is 11.8 Å². The van der Waals surface area contributed by atoms with Crippen LogP contribution in [0.15, 0.2) is 15.3 Å². The fourth-order valence-corrected chi connectivity index (χ4v) is 2.67. The van der Waals surface area contributed by atoms with Crippen LogP contribution in [0.1, 0.15) is 40.0 Å². The molecule has 0 saturated heterocycles. The third-order valence-corrected chi connectivity index (χ3v) is 4.05. The quantitative estimate of drug-likeness (QED) is 0.128. The Balaban J connectivity index is 5.26. The number of methoxy groups -OCH3 is 1. The number of hydrogen-bond donors (Lipinski definition) is 3. The van der Waals surface area contributed by atoms with Gasteiger partial charge in [-0.25, -0.2) is 4.79 Å². The van der Waals surface area contributed by atoms with Crippen molar-refractivity contribution in [1.82, 2.24) is 16.0 Å². The summed E-state index contributed by atoms with van der Waals surface area (Å²) in [5, 5.41) is 17.5. The molecule has 0 aliphatic rings. The van der Waals surface area contributed by atoms with Crippen LogP contribution in [0.2, 0.25) is 0 Å². The second-order valence-electron chi connectivity index (χ2n) is 8.30. The topological polar surface area (TPSA) is 269 Å². The largest absolute Gasteiger partial charge is 0.469 e. The van der Waals surface area contributed by atoms with Crippen LogP contribution in [-0.4, -0.2) is 74.3 Å². The molecule has 0 fully saturated rings. The minimum Gasteiger partial charge on any atom is -0.469 e. The zero-order valence-electron chi connectivity index (χ0n) is 20.4. The molecule has 0 radical (unpaired) electrons. The Morgan fingerprint density at radius 1 is 0.750 bits per heavy atom. The predicted molar refractivity (Wildman–Crippen MR) is 125 cm³/mol. The maximum atomic E-state index is 12.6. The molecule has 0 unspecified atom stereocenters. The number of carbonyl (C=O) groups excluding carboxylic acids is 4. The third-order valence-electron chi connectivity index (χ3n) is 4.05. The zero-order valence-corrected chi connectivity index (χ0v) is 20.4. The van der Waals surface area contributed by atoms with E-state index in [0.717, 1.165) is 7.11 Å². The fourth-order valence-electron chi connectivity index (χ4n) is 2.67. The molecule has 0 aliphatic heterocycles. The molecule has 18 nitrogen and oxygen atoms in total. The van der Waals surface area contributed by atoms with Gasteiger partial charge in [-0.3, -0.25) is 14.4 Å². The van der Waals surface area contributed by atoms with Gasteiger partial charge in [-0.1, -0.05) is 15.3 Å². The van der Waals surface area contributed by atoms with E-state index in [4.69, 9.17) is 21.3 Å². The first kappa shape index (κ1) is 31.6. The number of hydrogen-bond acceptors (Lipinski definition) is 9. The van der Waals surface area contributed by atoms with E-state index in [-0.39, 0.29) is 38.9 Å². The van der Waals surface area contributed by atoms with Gasteiger partial charge >= 0.3 is 12.1 Å². The van der Waals surface area contributed by atoms with E-state index in [1.165, 1.54) is 0 Å². The van der Waals surface area contributed by atoms with E-state index in [2.05, 4.69) is 50.8 Å². The summed E-state index contributed by atoms with van der Waals surface area (Å²) < 4.78 is 9.67. The van der Waals surface area contributed by atoms with Crippen LogP contribution in [0.3, 0.4) is 0 Å². The van der Waals surface area contributed by atoms with Crippen molar-refractivity contribution >= 4 is 23.9 Å². The van der Waals surface area contributed by atoms with Crippen molar-refractivity contribution in [2.75, 3.05) is 26.7 Å². The van der Waals surface area contributed by atoms with Crippen molar-refractivity contribution in [1.29, 1.82) is 0 Å². The Bertz CT molecular complexity index is 916. The van der Waals surface area contributed by atoms with Gasteiger partial charge in [0.1, 0.15) is 5.60 Å². The smallest absolute Gasteiger partial charge is 0.407 e. The summed E-state index contributed by atoms with van der Waals surface area (Å²) in [6.45, 7) is 4.19. The van der Waals surface area contributed by atoms with Gasteiger partial charge in [0.05, 0.1) is 13.5 Å². The van der Waals surface area contributed by atoms with Crippen molar-refractivity contribution in [3.8, 4) is 0 Å². The van der Waals surface area contributed by atoms with Crippen LogP contribution >= 0.6 is 0 Å². The summed E-state index contributed by atoms with van der Waals surface area (Å²) in [6.07, 6.45) is -1.77. The standard InChI is InChI=1S/C18H30N12O6/c1-18(2,3)36-17(34)27-12(9-23-29-20)6-15(32)25-11(8-22-28-19)5-14(31)26-13(10-24-30-21)7-16(33)35-4/h11-13H,5-10H2,1-4H3,(H,25,32)(H,26,31)(H,27,34)/t11-,12-,13-/m0/s1. The maximum Gasteiger partial charge on any atom is 0.407 e. The van der Waals surface area contributed by atoms with Crippen molar-refractivity contribution in [3.63, 3.8) is 0 Å². The first-order valence-electron chi connectivity index (χ1n) is 10.6. The van der Waals surface area contributed by atoms with Crippen LogP contribution < -0.4 is 16.0 Å². The Hall–Kier alpha value is -4.39. The molecule has 3 amide bonds. The van der Waals surface area contributed by atoms with Crippen molar-refractivity contribution in [2.45, 2.75) is 63.8 Å². The Kier molecular flexibility index (Phi) is 15.0. The highest BCUT2D eigenvalue weighted by Gasteiger charge is 2.24. The first-order valence-corrected chi connectivity index (χ1v) is 10.6. The number of amides is 3. The van der Waals surface area contributed by atoms with E-state index in [0.29, 0.717) is 0 Å². The first-order chi connectivity index (χ1) is 16.9. The molecule has 0 heterocycles. The summed E-state index contributed by atoms with van der Waals surface area (Å²) >= 11 is 0. The molecule has 3 atom stereocenters. The lowest BCUT2D eigenvalue weighted by atomic mass is 10.1. The van der Waals surface area contributed by atoms with Gasteiger partial charge < -0.3 is 25.4 Å². The number of alkyl carbamates (subject to hydrolysis) is 1. The molecule has 18 heteroatoms. The molecule has 0 aromatic carbocycles. The van der Waals surface area contributed by atoms with Crippen LogP contribution in [0, 0.1) is 0 Å². The summed E-state index contributed by atoms with van der Waals surface area (Å²) in [5.74, 6) is -1.92. The Morgan fingerprint density at radius 2 is 1.14 bits per heavy atom. The summed E-state index contributed by atoms with van der Waals surface area (Å²) in [5.41, 5.74) is 24.9. The van der Waals surface area contributed by atoms with E-state index >= 15 is 0 Å². The minimum atomic E-state index is -0.951. The van der Waals surface area contributed by atoms with Crippen LogP contribution in [-0.2, 0) is 23.9 Å². The summed E-state index contributed by atoms with van der Waals surface area (Å²) in [7, 11) is 1.16. The van der Waals surface area contributed by atoms with E-state index in [9.17, 15) is 19.2 Å². The molecule has 0 aromatic heterocycles.